The van der Waals surface area contributed by atoms with Gasteiger partial charge in [-0.1, -0.05) is 26.0 Å². The molecule has 1 fully saturated rings. The molecule has 0 aliphatic heterocycles. The van der Waals surface area contributed by atoms with Gasteiger partial charge in [-0.05, 0) is 97.1 Å². The largest absolute Gasteiger partial charge is 0.508 e. The number of H-pyrrole nitrogens is 1. The number of pyridine rings is 1. The van der Waals surface area contributed by atoms with Gasteiger partial charge in [0.15, 0.2) is 0 Å². The van der Waals surface area contributed by atoms with Crippen LogP contribution in [0.1, 0.15) is 83.0 Å². The Morgan fingerprint density at radius 1 is 1.31 bits per heavy atom. The van der Waals surface area contributed by atoms with E-state index in [-0.39, 0.29) is 11.3 Å². The van der Waals surface area contributed by atoms with Crippen LogP contribution in [-0.2, 0) is 31.1 Å². The summed E-state index contributed by atoms with van der Waals surface area (Å²) in [6.07, 6.45) is 10.5. The second-order valence-electron chi connectivity index (χ2n) is 10.9. The van der Waals surface area contributed by atoms with Crippen LogP contribution < -0.4 is 5.32 Å². The Balaban J connectivity index is 1.22. The number of rotatable bonds is 5. The highest BCUT2D eigenvalue weighted by Gasteiger charge is 2.55. The van der Waals surface area contributed by atoms with E-state index >= 15 is 0 Å². The maximum atomic E-state index is 13.1. The van der Waals surface area contributed by atoms with Crippen molar-refractivity contribution in [3.8, 4) is 5.75 Å². The summed E-state index contributed by atoms with van der Waals surface area (Å²) in [5, 5.41) is 21.3. The zero-order valence-corrected chi connectivity index (χ0v) is 20.6. The number of carbonyl (C=O) groups excluding carboxylic acids is 1. The number of nitrogens with zero attached hydrogens (tertiary/aromatic N) is 2. The molecule has 3 aromatic rings. The van der Waals surface area contributed by atoms with Crippen LogP contribution in [0.4, 0.5) is 0 Å². The van der Waals surface area contributed by atoms with Crippen LogP contribution >= 0.6 is 0 Å². The Hall–Kier alpha value is -3.15. The second-order valence-corrected chi connectivity index (χ2v) is 10.9. The van der Waals surface area contributed by atoms with Gasteiger partial charge in [0.05, 0.1) is 5.69 Å². The Morgan fingerprint density at radius 2 is 2.20 bits per heavy atom. The topological polar surface area (TPSA) is 90.9 Å². The molecule has 182 valence electrons. The summed E-state index contributed by atoms with van der Waals surface area (Å²) in [7, 11) is 0. The number of aryl methyl sites for hydroxylation is 2. The molecule has 1 aromatic carbocycles. The number of aromatic nitrogens is 3. The molecule has 2 aromatic heterocycles. The zero-order chi connectivity index (χ0) is 24.2. The Kier molecular flexibility index (Phi) is 5.42. The summed E-state index contributed by atoms with van der Waals surface area (Å²) >= 11 is 0. The Labute approximate surface area is 206 Å². The lowest BCUT2D eigenvalue weighted by atomic mass is 9.55. The lowest BCUT2D eigenvalue weighted by Gasteiger charge is -2.49. The van der Waals surface area contributed by atoms with Crippen LogP contribution in [0.3, 0.4) is 0 Å². The highest BCUT2D eigenvalue weighted by Crippen LogP contribution is 2.60. The van der Waals surface area contributed by atoms with Crippen molar-refractivity contribution in [2.75, 3.05) is 6.54 Å². The lowest BCUT2D eigenvalue weighted by molar-refractivity contribution is 0.0940. The number of benzene rings is 1. The predicted octanol–water partition coefficient (Wildman–Crippen LogP) is 4.62. The molecular weight excluding hydrogens is 436 g/mol. The van der Waals surface area contributed by atoms with Crippen molar-refractivity contribution in [1.82, 2.24) is 20.5 Å². The number of aromatic amines is 1. The van der Waals surface area contributed by atoms with Gasteiger partial charge in [-0.3, -0.25) is 14.9 Å². The molecule has 2 heterocycles. The predicted molar refractivity (Wildman–Crippen MR) is 135 cm³/mol. The highest BCUT2D eigenvalue weighted by atomic mass is 16.3. The van der Waals surface area contributed by atoms with E-state index in [1.165, 1.54) is 11.1 Å². The molecule has 1 amide bonds. The minimum Gasteiger partial charge on any atom is -0.508 e. The number of carbonyl (C=O) groups is 1. The van der Waals surface area contributed by atoms with Gasteiger partial charge in [0.25, 0.3) is 5.91 Å². The lowest BCUT2D eigenvalue weighted by Crippen LogP contribution is -2.43. The van der Waals surface area contributed by atoms with Crippen LogP contribution in [0.2, 0.25) is 0 Å². The summed E-state index contributed by atoms with van der Waals surface area (Å²) in [5.74, 6) is 2.02. The molecule has 3 aliphatic rings. The zero-order valence-electron chi connectivity index (χ0n) is 20.6. The van der Waals surface area contributed by atoms with Crippen molar-refractivity contribution in [2.45, 2.75) is 70.1 Å². The molecule has 0 saturated heterocycles. The first kappa shape index (κ1) is 22.3. The average Bonchev–Trinajstić information content (AvgIpc) is 3.42. The van der Waals surface area contributed by atoms with E-state index in [1.54, 1.807) is 6.20 Å². The third-order valence-electron chi connectivity index (χ3n) is 9.18. The molecule has 0 spiro atoms. The fourth-order valence-corrected chi connectivity index (χ4v) is 7.33. The summed E-state index contributed by atoms with van der Waals surface area (Å²) in [4.78, 5) is 17.2. The minimum atomic E-state index is -0.0570. The second kappa shape index (κ2) is 8.51. The number of nitrogens with one attached hydrogen (secondary N) is 2. The number of hydrogen-bond donors (Lipinski definition) is 3. The summed E-state index contributed by atoms with van der Waals surface area (Å²) in [6.45, 7) is 5.06. The SMILES string of the molecule is CCc1cc2c(cc1O)CCC1C2CC[C@]2(C)c3n[nH]c(C(=O)NCCc4cccnc4)c3CC12. The molecule has 6 heteroatoms. The quantitative estimate of drug-likeness (QED) is 0.508. The van der Waals surface area contributed by atoms with E-state index in [0.29, 0.717) is 35.7 Å². The van der Waals surface area contributed by atoms with Gasteiger partial charge in [0, 0.05) is 29.9 Å². The molecule has 6 rings (SSSR count). The van der Waals surface area contributed by atoms with Gasteiger partial charge >= 0.3 is 0 Å². The first-order valence-corrected chi connectivity index (χ1v) is 13.1. The van der Waals surface area contributed by atoms with Crippen LogP contribution in [0.5, 0.6) is 5.75 Å². The molecule has 4 atom stereocenters. The van der Waals surface area contributed by atoms with E-state index in [1.807, 2.05) is 24.4 Å². The molecule has 0 radical (unpaired) electrons. The van der Waals surface area contributed by atoms with Gasteiger partial charge < -0.3 is 10.4 Å². The molecule has 3 aliphatic carbocycles. The highest BCUT2D eigenvalue weighted by molar-refractivity contribution is 5.94. The van der Waals surface area contributed by atoms with Gasteiger partial charge in [-0.2, -0.15) is 5.10 Å². The number of hydrogen-bond acceptors (Lipinski definition) is 4. The fourth-order valence-electron chi connectivity index (χ4n) is 7.33. The number of fused-ring (bicyclic) bond motifs is 7. The van der Waals surface area contributed by atoms with Gasteiger partial charge in [0.1, 0.15) is 11.4 Å². The van der Waals surface area contributed by atoms with Crippen molar-refractivity contribution >= 4 is 5.91 Å². The monoisotopic (exact) mass is 470 g/mol. The van der Waals surface area contributed by atoms with Crippen molar-refractivity contribution in [1.29, 1.82) is 0 Å². The molecule has 35 heavy (non-hydrogen) atoms. The maximum Gasteiger partial charge on any atom is 0.269 e. The van der Waals surface area contributed by atoms with E-state index in [0.717, 1.165) is 67.3 Å². The van der Waals surface area contributed by atoms with E-state index < -0.39 is 0 Å². The van der Waals surface area contributed by atoms with Crippen molar-refractivity contribution < 1.29 is 9.90 Å². The van der Waals surface area contributed by atoms with Crippen molar-refractivity contribution in [3.05, 3.63) is 75.9 Å². The number of phenolic OH excluding ortho intramolecular Hbond substituents is 1. The first-order valence-electron chi connectivity index (χ1n) is 13.1. The fraction of sp³-hybridized carbons (Fsp3) is 0.483. The molecular formula is C29H34N4O2. The third kappa shape index (κ3) is 3.57. The van der Waals surface area contributed by atoms with Crippen molar-refractivity contribution in [2.24, 2.45) is 11.8 Å². The van der Waals surface area contributed by atoms with E-state index in [4.69, 9.17) is 5.10 Å². The molecule has 6 nitrogen and oxygen atoms in total. The summed E-state index contributed by atoms with van der Waals surface area (Å²) in [5.41, 5.74) is 7.86. The van der Waals surface area contributed by atoms with Crippen LogP contribution in [0.15, 0.2) is 36.7 Å². The average molecular weight is 471 g/mol. The van der Waals surface area contributed by atoms with Gasteiger partial charge in [0.2, 0.25) is 0 Å². The van der Waals surface area contributed by atoms with Crippen LogP contribution in [0.25, 0.3) is 0 Å². The molecule has 3 N–H and O–H groups in total. The number of aromatic hydroxyl groups is 1. The van der Waals surface area contributed by atoms with Gasteiger partial charge in [-0.15, -0.1) is 0 Å². The summed E-state index contributed by atoms with van der Waals surface area (Å²) < 4.78 is 0. The van der Waals surface area contributed by atoms with E-state index in [2.05, 4.69) is 35.3 Å². The van der Waals surface area contributed by atoms with Crippen molar-refractivity contribution in [3.63, 3.8) is 0 Å². The van der Waals surface area contributed by atoms with Gasteiger partial charge in [-0.25, -0.2) is 0 Å². The Bertz CT molecular complexity index is 1270. The number of amides is 1. The summed E-state index contributed by atoms with van der Waals surface area (Å²) in [6, 6.07) is 8.25. The van der Waals surface area contributed by atoms with E-state index in [9.17, 15) is 9.90 Å². The number of phenols is 1. The smallest absolute Gasteiger partial charge is 0.269 e. The third-order valence-corrected chi connectivity index (χ3v) is 9.18. The first-order chi connectivity index (χ1) is 17.0. The van der Waals surface area contributed by atoms with Crippen LogP contribution in [0, 0.1) is 11.8 Å². The molecule has 0 bridgehead atoms. The minimum absolute atomic E-state index is 0.0171. The standard InChI is InChI=1S/C29H34N4O2/c1-3-18-13-22-19(14-25(18)34)6-7-21-20(22)8-10-29(2)24(21)15-23-26(32-33-27(23)29)28(35)31-12-9-17-5-4-11-30-16-17/h4-5,11,13-14,16,20-21,24,34H,3,6-10,12,15H2,1-2H3,(H,31,35)(H,32,33)/t20?,21?,24?,29-/m0/s1. The normalized spacial score (nSPS) is 26.4. The molecule has 1 saturated carbocycles. The van der Waals surface area contributed by atoms with Crippen LogP contribution in [-0.4, -0.2) is 32.7 Å². The molecule has 3 unspecified atom stereocenters. The Morgan fingerprint density at radius 3 is 3.00 bits per heavy atom. The maximum absolute atomic E-state index is 13.1.